The highest BCUT2D eigenvalue weighted by atomic mass is 79.9. The van der Waals surface area contributed by atoms with Crippen LogP contribution in [0, 0.1) is 22.0 Å². The molecule has 1 aromatic carbocycles. The second kappa shape index (κ2) is 7.61. The van der Waals surface area contributed by atoms with Gasteiger partial charge in [0.05, 0.1) is 10.2 Å². The van der Waals surface area contributed by atoms with Crippen LogP contribution in [-0.2, 0) is 0 Å². The Morgan fingerprint density at radius 2 is 2.05 bits per heavy atom. The van der Waals surface area contributed by atoms with Crippen molar-refractivity contribution < 1.29 is 14.3 Å². The number of anilines is 1. The molecule has 0 aromatic heterocycles. The summed E-state index contributed by atoms with van der Waals surface area (Å²) in [6.07, 6.45) is -1.53. The van der Waals surface area contributed by atoms with Gasteiger partial charge in [-0.2, -0.15) is 0 Å². The zero-order valence-electron chi connectivity index (χ0n) is 11.3. The number of carbonyl (C=O) groups is 1. The first-order valence-corrected chi connectivity index (χ1v) is 6.77. The van der Waals surface area contributed by atoms with Crippen molar-refractivity contribution in [3.05, 3.63) is 28.5 Å². The molecule has 1 amide bonds. The van der Waals surface area contributed by atoms with Crippen molar-refractivity contribution in [1.82, 2.24) is 5.32 Å². The van der Waals surface area contributed by atoms with E-state index in [9.17, 15) is 14.3 Å². The van der Waals surface area contributed by atoms with E-state index in [2.05, 4.69) is 21.2 Å². The van der Waals surface area contributed by atoms with Crippen LogP contribution in [0.2, 0.25) is 0 Å². The van der Waals surface area contributed by atoms with E-state index < -0.39 is 29.3 Å². The molecular formula is C12H14BrFN6O2. The molecule has 7 N–H and O–H groups in total. The molecule has 0 aliphatic heterocycles. The Morgan fingerprint density at radius 3 is 2.55 bits per heavy atom. The fourth-order valence-electron chi connectivity index (χ4n) is 1.48. The van der Waals surface area contributed by atoms with Crippen LogP contribution in [0.3, 0.4) is 0 Å². The third kappa shape index (κ3) is 4.09. The number of hydrogen-bond acceptors (Lipinski definition) is 5. The van der Waals surface area contributed by atoms with E-state index in [1.165, 1.54) is 6.07 Å². The lowest BCUT2D eigenvalue weighted by Crippen LogP contribution is -2.46. The molecule has 8 nitrogen and oxygen atoms in total. The number of amidine groups is 2. The van der Waals surface area contributed by atoms with E-state index in [1.54, 1.807) is 0 Å². The third-order valence-electron chi connectivity index (χ3n) is 2.51. The van der Waals surface area contributed by atoms with Crippen molar-refractivity contribution in [3.63, 3.8) is 0 Å². The van der Waals surface area contributed by atoms with Gasteiger partial charge in [-0.05, 0) is 34.1 Å². The fourth-order valence-corrected chi connectivity index (χ4v) is 1.84. The highest BCUT2D eigenvalue weighted by molar-refractivity contribution is 9.10. The zero-order valence-corrected chi connectivity index (χ0v) is 12.9. The van der Waals surface area contributed by atoms with E-state index in [0.29, 0.717) is 4.90 Å². The van der Waals surface area contributed by atoms with Gasteiger partial charge in [0.2, 0.25) is 0 Å². The van der Waals surface area contributed by atoms with E-state index in [1.807, 2.05) is 0 Å². The molecule has 0 radical (unpaired) electrons. The first-order valence-electron chi connectivity index (χ1n) is 5.98. The average molecular weight is 373 g/mol. The maximum Gasteiger partial charge on any atom is 0.417 e. The second-order valence-electron chi connectivity index (χ2n) is 4.03. The molecule has 1 aromatic rings. The topological polar surface area (TPSA) is 150 Å². The minimum absolute atomic E-state index is 0.0203. The van der Waals surface area contributed by atoms with Crippen LogP contribution in [0.15, 0.2) is 22.7 Å². The minimum Gasteiger partial charge on any atom is -0.464 e. The minimum atomic E-state index is -1.53. The molecule has 10 heteroatoms. The lowest BCUT2D eigenvalue weighted by Gasteiger charge is -2.21. The van der Waals surface area contributed by atoms with Gasteiger partial charge in [0.15, 0.2) is 5.84 Å². The molecule has 0 unspecified atom stereocenters. The summed E-state index contributed by atoms with van der Waals surface area (Å²) < 4.78 is 13.2. The van der Waals surface area contributed by atoms with Gasteiger partial charge >= 0.3 is 6.09 Å². The van der Waals surface area contributed by atoms with Gasteiger partial charge in [-0.25, -0.2) is 14.1 Å². The van der Waals surface area contributed by atoms with Crippen LogP contribution >= 0.6 is 15.9 Å². The summed E-state index contributed by atoms with van der Waals surface area (Å²) in [4.78, 5) is 11.8. The smallest absolute Gasteiger partial charge is 0.417 e. The van der Waals surface area contributed by atoms with Gasteiger partial charge < -0.3 is 16.2 Å². The van der Waals surface area contributed by atoms with Crippen LogP contribution in [-0.4, -0.2) is 41.7 Å². The van der Waals surface area contributed by atoms with Crippen molar-refractivity contribution in [2.24, 2.45) is 5.73 Å². The van der Waals surface area contributed by atoms with E-state index in [4.69, 9.17) is 22.0 Å². The van der Waals surface area contributed by atoms with Gasteiger partial charge in [-0.15, -0.1) is 0 Å². The third-order valence-corrected chi connectivity index (χ3v) is 3.12. The summed E-state index contributed by atoms with van der Waals surface area (Å²) >= 11 is 2.93. The molecule has 0 aliphatic rings. The van der Waals surface area contributed by atoms with Gasteiger partial charge in [0.1, 0.15) is 17.4 Å². The maximum atomic E-state index is 13.2. The Labute approximate surface area is 133 Å². The van der Waals surface area contributed by atoms with Crippen LogP contribution in [0.5, 0.6) is 0 Å². The molecule has 0 atom stereocenters. The second-order valence-corrected chi connectivity index (χ2v) is 4.88. The number of carboxylic acid groups (broad SMARTS) is 1. The summed E-state index contributed by atoms with van der Waals surface area (Å²) in [5.74, 6) is -1.75. The van der Waals surface area contributed by atoms with Crippen molar-refractivity contribution in [2.45, 2.75) is 0 Å². The van der Waals surface area contributed by atoms with Crippen LogP contribution < -0.4 is 16.0 Å². The maximum absolute atomic E-state index is 13.2. The largest absolute Gasteiger partial charge is 0.464 e. The Balaban J connectivity index is 3.07. The standard InChI is InChI=1S/C12H14BrFN6O2/c13-7-5-6(1-2-8(7)14)20(12(21)22)11(18)9(16)10(17)19-4-3-15/h1-2,5,16,18H,3-4,15H2,(H2,17,19)(H,21,22). The number of nitrogens with one attached hydrogen (secondary N) is 4. The predicted molar refractivity (Wildman–Crippen MR) is 84.8 cm³/mol. The number of nitrogens with zero attached hydrogens (tertiary/aromatic N) is 1. The quantitative estimate of drug-likeness (QED) is 0.343. The Morgan fingerprint density at radius 1 is 1.41 bits per heavy atom. The Hall–Kier alpha value is -2.33. The summed E-state index contributed by atoms with van der Waals surface area (Å²) in [7, 11) is 0. The Kier molecular flexibility index (Phi) is 6.13. The van der Waals surface area contributed by atoms with Gasteiger partial charge in [0, 0.05) is 13.1 Å². The number of benzene rings is 1. The number of hydrogen-bond donors (Lipinski definition) is 6. The van der Waals surface area contributed by atoms with Gasteiger partial charge in [-0.1, -0.05) is 0 Å². The van der Waals surface area contributed by atoms with E-state index in [0.717, 1.165) is 12.1 Å². The first kappa shape index (κ1) is 17.7. The van der Waals surface area contributed by atoms with Crippen molar-refractivity contribution >= 4 is 45.1 Å². The summed E-state index contributed by atoms with van der Waals surface area (Å²) in [5, 5.41) is 34.8. The summed E-state index contributed by atoms with van der Waals surface area (Å²) in [5.41, 5.74) is 4.60. The fraction of sp³-hybridized carbons (Fsp3) is 0.167. The highest BCUT2D eigenvalue weighted by Gasteiger charge is 2.25. The number of halogens is 2. The van der Waals surface area contributed by atoms with Gasteiger partial charge in [-0.3, -0.25) is 16.2 Å². The first-order chi connectivity index (χ1) is 10.3. The van der Waals surface area contributed by atoms with E-state index in [-0.39, 0.29) is 23.2 Å². The van der Waals surface area contributed by atoms with Crippen molar-refractivity contribution in [1.29, 1.82) is 16.2 Å². The summed E-state index contributed by atoms with van der Waals surface area (Å²) in [6, 6.07) is 3.36. The molecule has 22 heavy (non-hydrogen) atoms. The molecule has 0 saturated heterocycles. The zero-order chi connectivity index (χ0) is 16.9. The van der Waals surface area contributed by atoms with Crippen LogP contribution in [0.1, 0.15) is 0 Å². The predicted octanol–water partition coefficient (Wildman–Crippen LogP) is 1.60. The molecule has 118 valence electrons. The molecule has 1 rings (SSSR count). The SMILES string of the molecule is N=C(NCCN)C(=N)C(=N)N(C(=O)O)c1ccc(F)c(Br)c1. The van der Waals surface area contributed by atoms with Crippen LogP contribution in [0.4, 0.5) is 14.9 Å². The Bertz CT molecular complexity index is 636. The highest BCUT2D eigenvalue weighted by Crippen LogP contribution is 2.23. The van der Waals surface area contributed by atoms with Crippen molar-refractivity contribution in [3.8, 4) is 0 Å². The lowest BCUT2D eigenvalue weighted by molar-refractivity contribution is 0.205. The number of nitrogens with two attached hydrogens (primary N) is 1. The molecule has 0 spiro atoms. The molecule has 0 fully saturated rings. The molecule has 0 bridgehead atoms. The van der Waals surface area contributed by atoms with Crippen molar-refractivity contribution in [2.75, 3.05) is 18.0 Å². The van der Waals surface area contributed by atoms with E-state index >= 15 is 0 Å². The molecular weight excluding hydrogens is 359 g/mol. The lowest BCUT2D eigenvalue weighted by atomic mass is 10.2. The van der Waals surface area contributed by atoms with Gasteiger partial charge in [0.25, 0.3) is 0 Å². The number of amides is 1. The monoisotopic (exact) mass is 372 g/mol. The molecule has 0 heterocycles. The van der Waals surface area contributed by atoms with Crippen LogP contribution in [0.25, 0.3) is 0 Å². The molecule has 0 aliphatic carbocycles. The average Bonchev–Trinajstić information content (AvgIpc) is 2.47. The number of rotatable bonds is 5. The normalized spacial score (nSPS) is 9.95. The molecule has 0 saturated carbocycles. The summed E-state index contributed by atoms with van der Waals surface area (Å²) in [6.45, 7) is 0.431.